The lowest BCUT2D eigenvalue weighted by Crippen LogP contribution is -2.09. The number of aryl methyl sites for hydroxylation is 2. The molecule has 0 aromatic carbocycles. The quantitative estimate of drug-likeness (QED) is 0.708. The summed E-state index contributed by atoms with van der Waals surface area (Å²) >= 11 is 0. The molecule has 82 valence electrons. The first-order valence-corrected chi connectivity index (χ1v) is 5.26. The molecular formula is C12H18N2O. The molecule has 0 amide bonds. The van der Waals surface area contributed by atoms with Crippen LogP contribution in [0.2, 0.25) is 0 Å². The third-order valence-electron chi connectivity index (χ3n) is 2.53. The molecule has 1 aromatic rings. The second-order valence-corrected chi connectivity index (χ2v) is 3.67. The van der Waals surface area contributed by atoms with Crippen LogP contribution in [0.25, 0.3) is 0 Å². The van der Waals surface area contributed by atoms with Gasteiger partial charge in [0.25, 0.3) is 0 Å². The third kappa shape index (κ3) is 2.78. The number of carbonyl (C=O) groups is 1. The first-order chi connectivity index (χ1) is 7.08. The molecule has 0 aliphatic carbocycles. The average molecular weight is 206 g/mol. The van der Waals surface area contributed by atoms with E-state index in [1.165, 1.54) is 0 Å². The Morgan fingerprint density at radius 3 is 2.67 bits per heavy atom. The van der Waals surface area contributed by atoms with Gasteiger partial charge in [0.1, 0.15) is 0 Å². The summed E-state index contributed by atoms with van der Waals surface area (Å²) in [5, 5.41) is 4.22. The SMILES string of the molecule is CC=C(CC)C(=O)Cc1cc(C)nn1C. The van der Waals surface area contributed by atoms with Gasteiger partial charge < -0.3 is 0 Å². The van der Waals surface area contributed by atoms with Crippen LogP contribution >= 0.6 is 0 Å². The molecule has 0 radical (unpaired) electrons. The summed E-state index contributed by atoms with van der Waals surface area (Å²) in [6, 6.07) is 1.96. The van der Waals surface area contributed by atoms with E-state index in [4.69, 9.17) is 0 Å². The van der Waals surface area contributed by atoms with Crippen molar-refractivity contribution in [2.45, 2.75) is 33.6 Å². The van der Waals surface area contributed by atoms with Crippen LogP contribution in [0.5, 0.6) is 0 Å². The van der Waals surface area contributed by atoms with Crippen molar-refractivity contribution in [1.29, 1.82) is 0 Å². The topological polar surface area (TPSA) is 34.9 Å². The van der Waals surface area contributed by atoms with Gasteiger partial charge in [0, 0.05) is 12.7 Å². The monoisotopic (exact) mass is 206 g/mol. The Bertz CT molecular complexity index is 388. The van der Waals surface area contributed by atoms with Gasteiger partial charge in [0.2, 0.25) is 0 Å². The predicted octanol–water partition coefficient (Wildman–Crippen LogP) is 2.20. The molecular weight excluding hydrogens is 188 g/mol. The fourth-order valence-corrected chi connectivity index (χ4v) is 1.67. The zero-order chi connectivity index (χ0) is 11.4. The summed E-state index contributed by atoms with van der Waals surface area (Å²) in [5.41, 5.74) is 2.83. The first kappa shape index (κ1) is 11.7. The smallest absolute Gasteiger partial charge is 0.164 e. The van der Waals surface area contributed by atoms with E-state index < -0.39 is 0 Å². The Hall–Kier alpha value is -1.38. The van der Waals surface area contributed by atoms with Gasteiger partial charge >= 0.3 is 0 Å². The normalized spacial score (nSPS) is 11.9. The lowest BCUT2D eigenvalue weighted by Gasteiger charge is -2.03. The molecule has 3 nitrogen and oxygen atoms in total. The minimum atomic E-state index is 0.197. The summed E-state index contributed by atoms with van der Waals surface area (Å²) in [6.45, 7) is 5.84. The van der Waals surface area contributed by atoms with Gasteiger partial charge in [-0.25, -0.2) is 0 Å². The number of Topliss-reactive ketones (excluding diaryl/α,β-unsaturated/α-hetero) is 1. The van der Waals surface area contributed by atoms with Crippen molar-refractivity contribution < 1.29 is 4.79 Å². The van der Waals surface area contributed by atoms with Crippen LogP contribution in [0.15, 0.2) is 17.7 Å². The van der Waals surface area contributed by atoms with Crippen LogP contribution < -0.4 is 0 Å². The van der Waals surface area contributed by atoms with Gasteiger partial charge in [-0.2, -0.15) is 5.10 Å². The minimum Gasteiger partial charge on any atom is -0.294 e. The third-order valence-corrected chi connectivity index (χ3v) is 2.53. The van der Waals surface area contributed by atoms with Crippen molar-refractivity contribution >= 4 is 5.78 Å². The highest BCUT2D eigenvalue weighted by molar-refractivity contribution is 5.96. The Morgan fingerprint density at radius 1 is 1.60 bits per heavy atom. The fourth-order valence-electron chi connectivity index (χ4n) is 1.67. The van der Waals surface area contributed by atoms with Crippen LogP contribution in [0.3, 0.4) is 0 Å². The van der Waals surface area contributed by atoms with Crippen molar-refractivity contribution in [3.63, 3.8) is 0 Å². The molecule has 3 heteroatoms. The number of ketones is 1. The Balaban J connectivity index is 2.78. The van der Waals surface area contributed by atoms with E-state index in [0.717, 1.165) is 23.4 Å². The summed E-state index contributed by atoms with van der Waals surface area (Å²) in [7, 11) is 1.87. The van der Waals surface area contributed by atoms with Gasteiger partial charge in [0.05, 0.1) is 12.1 Å². The number of hydrogen-bond acceptors (Lipinski definition) is 2. The molecule has 0 N–H and O–H groups in total. The van der Waals surface area contributed by atoms with Crippen LogP contribution in [0, 0.1) is 6.92 Å². The van der Waals surface area contributed by atoms with E-state index in [1.807, 2.05) is 40.0 Å². The first-order valence-electron chi connectivity index (χ1n) is 5.26. The number of rotatable bonds is 4. The van der Waals surface area contributed by atoms with E-state index in [1.54, 1.807) is 4.68 Å². The van der Waals surface area contributed by atoms with Gasteiger partial charge in [-0.05, 0) is 31.9 Å². The maximum atomic E-state index is 11.8. The second kappa shape index (κ2) is 4.91. The molecule has 1 rings (SSSR count). The zero-order valence-corrected chi connectivity index (χ0v) is 9.87. The molecule has 0 spiro atoms. The predicted molar refractivity (Wildman–Crippen MR) is 60.7 cm³/mol. The maximum Gasteiger partial charge on any atom is 0.164 e. The average Bonchev–Trinajstić information content (AvgIpc) is 2.47. The largest absolute Gasteiger partial charge is 0.294 e. The number of carbonyl (C=O) groups excluding carboxylic acids is 1. The molecule has 1 aromatic heterocycles. The molecule has 0 saturated carbocycles. The minimum absolute atomic E-state index is 0.197. The molecule has 0 aliphatic rings. The van der Waals surface area contributed by atoms with Crippen LogP contribution in [0.4, 0.5) is 0 Å². The number of hydrogen-bond donors (Lipinski definition) is 0. The van der Waals surface area contributed by atoms with Crippen LogP contribution in [-0.4, -0.2) is 15.6 Å². The van der Waals surface area contributed by atoms with E-state index in [-0.39, 0.29) is 5.78 Å². The van der Waals surface area contributed by atoms with Gasteiger partial charge in [-0.3, -0.25) is 9.48 Å². The summed E-state index contributed by atoms with van der Waals surface area (Å²) < 4.78 is 1.77. The zero-order valence-electron chi connectivity index (χ0n) is 9.87. The van der Waals surface area contributed by atoms with Gasteiger partial charge in [-0.1, -0.05) is 13.0 Å². The molecule has 0 unspecified atom stereocenters. The lowest BCUT2D eigenvalue weighted by atomic mass is 10.0. The number of nitrogens with zero attached hydrogens (tertiary/aromatic N) is 2. The fraction of sp³-hybridized carbons (Fsp3) is 0.500. The second-order valence-electron chi connectivity index (χ2n) is 3.67. The molecule has 0 atom stereocenters. The highest BCUT2D eigenvalue weighted by Gasteiger charge is 2.10. The Labute approximate surface area is 90.8 Å². The molecule has 0 fully saturated rings. The van der Waals surface area contributed by atoms with Crippen molar-refractivity contribution in [3.8, 4) is 0 Å². The van der Waals surface area contributed by atoms with E-state index in [2.05, 4.69) is 5.10 Å². The highest BCUT2D eigenvalue weighted by Crippen LogP contribution is 2.09. The van der Waals surface area contributed by atoms with E-state index in [0.29, 0.717) is 6.42 Å². The van der Waals surface area contributed by atoms with E-state index in [9.17, 15) is 4.79 Å². The van der Waals surface area contributed by atoms with Crippen molar-refractivity contribution in [3.05, 3.63) is 29.1 Å². The van der Waals surface area contributed by atoms with Crippen LogP contribution in [0.1, 0.15) is 31.7 Å². The summed E-state index contributed by atoms with van der Waals surface area (Å²) in [6.07, 6.45) is 3.14. The van der Waals surface area contributed by atoms with E-state index >= 15 is 0 Å². The summed E-state index contributed by atoms with van der Waals surface area (Å²) in [5.74, 6) is 0.197. The maximum absolute atomic E-state index is 11.8. The van der Waals surface area contributed by atoms with Crippen molar-refractivity contribution in [2.24, 2.45) is 7.05 Å². The highest BCUT2D eigenvalue weighted by atomic mass is 16.1. The number of aromatic nitrogens is 2. The van der Waals surface area contributed by atoms with Crippen LogP contribution in [-0.2, 0) is 18.3 Å². The Kier molecular flexibility index (Phi) is 3.83. The molecule has 15 heavy (non-hydrogen) atoms. The van der Waals surface area contributed by atoms with Gasteiger partial charge in [-0.15, -0.1) is 0 Å². The standard InChI is InChI=1S/C12H18N2O/c1-5-10(6-2)12(15)8-11-7-9(3)13-14(11)4/h5,7H,6,8H2,1-4H3. The Morgan fingerprint density at radius 2 is 2.27 bits per heavy atom. The van der Waals surface area contributed by atoms with Crippen molar-refractivity contribution in [2.75, 3.05) is 0 Å². The lowest BCUT2D eigenvalue weighted by molar-refractivity contribution is -0.115. The summed E-state index contributed by atoms with van der Waals surface area (Å²) in [4.78, 5) is 11.8. The molecule has 0 saturated heterocycles. The van der Waals surface area contributed by atoms with Crippen molar-refractivity contribution in [1.82, 2.24) is 9.78 Å². The molecule has 0 bridgehead atoms. The van der Waals surface area contributed by atoms with Gasteiger partial charge in [0.15, 0.2) is 5.78 Å². The molecule has 1 heterocycles. The molecule has 0 aliphatic heterocycles. The number of allylic oxidation sites excluding steroid dienone is 2.